The van der Waals surface area contributed by atoms with Crippen LogP contribution in [0.25, 0.3) is 0 Å². The molecule has 2 heterocycles. The molecule has 0 aromatic rings. The van der Waals surface area contributed by atoms with Crippen molar-refractivity contribution in [3.63, 3.8) is 0 Å². The van der Waals surface area contributed by atoms with Gasteiger partial charge < -0.3 is 18.9 Å². The van der Waals surface area contributed by atoms with Gasteiger partial charge in [-0.15, -0.1) is 0 Å². The Labute approximate surface area is 147 Å². The second kappa shape index (κ2) is 5.55. The molecule has 0 aromatic carbocycles. The smallest absolute Gasteiger partial charge is 0.304 e. The van der Waals surface area contributed by atoms with E-state index in [1.807, 2.05) is 0 Å². The molecule has 6 nitrogen and oxygen atoms in total. The van der Waals surface area contributed by atoms with Gasteiger partial charge in [0.2, 0.25) is 6.29 Å². The van der Waals surface area contributed by atoms with Crippen LogP contribution in [0.5, 0.6) is 0 Å². The minimum atomic E-state index is -0.752. The average molecular weight is 350 g/mol. The summed E-state index contributed by atoms with van der Waals surface area (Å²) in [7, 11) is 0. The third-order valence-electron chi connectivity index (χ3n) is 6.64. The fourth-order valence-corrected chi connectivity index (χ4v) is 5.78. The molecule has 1 saturated carbocycles. The number of hydrogen-bond acceptors (Lipinski definition) is 6. The van der Waals surface area contributed by atoms with E-state index in [-0.39, 0.29) is 35.3 Å². The largest absolute Gasteiger partial charge is 0.462 e. The quantitative estimate of drug-likeness (QED) is 0.563. The Hall–Kier alpha value is -1.40. The lowest BCUT2D eigenvalue weighted by atomic mass is 9.47. The SMILES string of the molecule is CC(=O)OC1O[C@H]2OCC3=CC[C@H]4C(C)(C)CC[C@H](OC(C)=O)[C@@]14[C@H]32. The van der Waals surface area contributed by atoms with Crippen molar-refractivity contribution < 1.29 is 28.5 Å². The normalized spacial score (nSPS) is 43.7. The van der Waals surface area contributed by atoms with Crippen LogP contribution in [0.3, 0.4) is 0 Å². The van der Waals surface area contributed by atoms with Crippen molar-refractivity contribution in [2.24, 2.45) is 22.7 Å². The summed E-state index contributed by atoms with van der Waals surface area (Å²) in [6.07, 6.45) is 3.27. The van der Waals surface area contributed by atoms with Crippen LogP contribution in [0.4, 0.5) is 0 Å². The zero-order chi connectivity index (χ0) is 18.0. The van der Waals surface area contributed by atoms with Gasteiger partial charge in [0.05, 0.1) is 12.0 Å². The highest BCUT2D eigenvalue weighted by Gasteiger charge is 2.73. The maximum absolute atomic E-state index is 11.8. The van der Waals surface area contributed by atoms with E-state index in [1.54, 1.807) is 0 Å². The molecule has 2 saturated heterocycles. The van der Waals surface area contributed by atoms with E-state index in [9.17, 15) is 9.59 Å². The van der Waals surface area contributed by atoms with E-state index in [1.165, 1.54) is 19.4 Å². The first-order chi connectivity index (χ1) is 11.8. The molecule has 2 aliphatic carbocycles. The molecule has 0 N–H and O–H groups in total. The maximum atomic E-state index is 11.8. The summed E-state index contributed by atoms with van der Waals surface area (Å²) in [5, 5.41) is 0. The Bertz CT molecular complexity index is 618. The topological polar surface area (TPSA) is 71.1 Å². The molecule has 2 aliphatic heterocycles. The molecule has 0 amide bonds. The van der Waals surface area contributed by atoms with Crippen molar-refractivity contribution >= 4 is 11.9 Å². The van der Waals surface area contributed by atoms with Gasteiger partial charge in [-0.3, -0.25) is 9.59 Å². The fraction of sp³-hybridized carbons (Fsp3) is 0.789. The molecule has 4 rings (SSSR count). The van der Waals surface area contributed by atoms with Crippen LogP contribution in [0.2, 0.25) is 0 Å². The highest BCUT2D eigenvalue weighted by molar-refractivity contribution is 5.67. The third-order valence-corrected chi connectivity index (χ3v) is 6.64. The van der Waals surface area contributed by atoms with Crippen LogP contribution in [-0.4, -0.2) is 37.2 Å². The monoisotopic (exact) mass is 350 g/mol. The minimum Gasteiger partial charge on any atom is -0.462 e. The Balaban J connectivity index is 1.87. The summed E-state index contributed by atoms with van der Waals surface area (Å²) < 4.78 is 23.4. The lowest BCUT2D eigenvalue weighted by Gasteiger charge is -2.58. The van der Waals surface area contributed by atoms with Crippen molar-refractivity contribution in [1.82, 2.24) is 0 Å². The number of allylic oxidation sites excluding steroid dienone is 1. The van der Waals surface area contributed by atoms with E-state index >= 15 is 0 Å². The Morgan fingerprint density at radius 2 is 1.92 bits per heavy atom. The molecule has 0 aromatic heterocycles. The van der Waals surface area contributed by atoms with Crippen LogP contribution in [-0.2, 0) is 28.5 Å². The summed E-state index contributed by atoms with van der Waals surface area (Å²) in [6, 6.07) is 0. The van der Waals surface area contributed by atoms with Gasteiger partial charge in [-0.05, 0) is 36.2 Å². The zero-order valence-electron chi connectivity index (χ0n) is 15.2. The molecule has 3 fully saturated rings. The second-order valence-electron chi connectivity index (χ2n) is 8.43. The van der Waals surface area contributed by atoms with Crippen LogP contribution < -0.4 is 0 Å². The lowest BCUT2D eigenvalue weighted by molar-refractivity contribution is -0.254. The van der Waals surface area contributed by atoms with Gasteiger partial charge in [-0.25, -0.2) is 0 Å². The van der Waals surface area contributed by atoms with Crippen molar-refractivity contribution in [3.8, 4) is 0 Å². The second-order valence-corrected chi connectivity index (χ2v) is 8.43. The lowest BCUT2D eigenvalue weighted by Crippen LogP contribution is -2.62. The fourth-order valence-electron chi connectivity index (χ4n) is 5.78. The highest BCUT2D eigenvalue weighted by Crippen LogP contribution is 2.68. The van der Waals surface area contributed by atoms with E-state index in [0.29, 0.717) is 6.61 Å². The van der Waals surface area contributed by atoms with Crippen LogP contribution in [0.15, 0.2) is 11.6 Å². The Kier molecular flexibility index (Phi) is 3.78. The number of ether oxygens (including phenoxy) is 4. The number of carbonyl (C=O) groups is 2. The number of esters is 2. The van der Waals surface area contributed by atoms with E-state index in [0.717, 1.165) is 19.3 Å². The molecule has 0 radical (unpaired) electrons. The predicted octanol–water partition coefficient (Wildman–Crippen LogP) is 2.56. The standard InChI is InChI=1S/C19H26O6/c1-10(20)23-14-7-8-18(3,4)13-6-5-12-9-22-16-15(12)19(13,14)17(25-16)24-11(2)21/h5,13-17H,6-9H2,1-4H3/t13-,14-,15+,16+,17?,19-/m0/s1. The van der Waals surface area contributed by atoms with Gasteiger partial charge in [0, 0.05) is 19.8 Å². The first-order valence-electron chi connectivity index (χ1n) is 9.07. The minimum absolute atomic E-state index is 0.0257. The van der Waals surface area contributed by atoms with Crippen molar-refractivity contribution in [1.29, 1.82) is 0 Å². The van der Waals surface area contributed by atoms with Crippen LogP contribution >= 0.6 is 0 Å². The molecule has 4 aliphatic rings. The van der Waals surface area contributed by atoms with Gasteiger partial charge in [-0.2, -0.15) is 0 Å². The third kappa shape index (κ3) is 2.30. The van der Waals surface area contributed by atoms with E-state index < -0.39 is 18.0 Å². The van der Waals surface area contributed by atoms with Crippen molar-refractivity contribution in [2.45, 2.75) is 65.6 Å². The Morgan fingerprint density at radius 1 is 1.20 bits per heavy atom. The van der Waals surface area contributed by atoms with Gasteiger partial charge >= 0.3 is 11.9 Å². The molecule has 6 heteroatoms. The number of carbonyl (C=O) groups excluding carboxylic acids is 2. The molecular weight excluding hydrogens is 324 g/mol. The van der Waals surface area contributed by atoms with Gasteiger partial charge in [-0.1, -0.05) is 19.9 Å². The van der Waals surface area contributed by atoms with E-state index in [2.05, 4.69) is 19.9 Å². The van der Waals surface area contributed by atoms with Gasteiger partial charge in [0.25, 0.3) is 0 Å². The van der Waals surface area contributed by atoms with E-state index in [4.69, 9.17) is 18.9 Å². The summed E-state index contributed by atoms with van der Waals surface area (Å²) in [4.78, 5) is 23.6. The summed E-state index contributed by atoms with van der Waals surface area (Å²) >= 11 is 0. The first-order valence-corrected chi connectivity index (χ1v) is 9.07. The molecule has 0 bridgehead atoms. The van der Waals surface area contributed by atoms with Crippen molar-refractivity contribution in [3.05, 3.63) is 11.6 Å². The molecule has 1 spiro atoms. The molecule has 1 unspecified atom stereocenters. The Morgan fingerprint density at radius 3 is 2.60 bits per heavy atom. The van der Waals surface area contributed by atoms with Crippen LogP contribution in [0, 0.1) is 22.7 Å². The van der Waals surface area contributed by atoms with Crippen molar-refractivity contribution in [2.75, 3.05) is 6.61 Å². The number of rotatable bonds is 2. The molecular formula is C19H26O6. The zero-order valence-corrected chi connectivity index (χ0v) is 15.2. The molecule has 6 atom stereocenters. The predicted molar refractivity (Wildman–Crippen MR) is 87.1 cm³/mol. The molecule has 138 valence electrons. The summed E-state index contributed by atoms with van der Waals surface area (Å²) in [5.41, 5.74) is 0.633. The highest BCUT2D eigenvalue weighted by atomic mass is 16.8. The first kappa shape index (κ1) is 17.0. The van der Waals surface area contributed by atoms with Gasteiger partial charge in [0.15, 0.2) is 6.29 Å². The maximum Gasteiger partial charge on any atom is 0.304 e. The van der Waals surface area contributed by atoms with Gasteiger partial charge in [0.1, 0.15) is 6.10 Å². The molecule has 25 heavy (non-hydrogen) atoms. The average Bonchev–Trinajstić information content (AvgIpc) is 3.05. The van der Waals surface area contributed by atoms with Crippen LogP contribution in [0.1, 0.15) is 47.0 Å². The number of hydrogen-bond donors (Lipinski definition) is 0. The summed E-state index contributed by atoms with van der Waals surface area (Å²) in [6.45, 7) is 7.85. The summed E-state index contributed by atoms with van der Waals surface area (Å²) in [5.74, 6) is -0.542.